The van der Waals surface area contributed by atoms with Crippen molar-refractivity contribution in [3.8, 4) is 0 Å². The average Bonchev–Trinajstić information content (AvgIpc) is 3.67. The summed E-state index contributed by atoms with van der Waals surface area (Å²) in [5, 5.41) is 33.7. The van der Waals surface area contributed by atoms with Crippen molar-refractivity contribution in [1.29, 1.82) is 0 Å². The molecular weight excluding hydrogens is 1090 g/mol. The van der Waals surface area contributed by atoms with Crippen LogP contribution in [-0.2, 0) is 86.1 Å². The maximum atomic E-state index is 12.3. The van der Waals surface area contributed by atoms with Gasteiger partial charge in [-0.1, -0.05) is 31.7 Å². The Morgan fingerprint density at radius 2 is 1.27 bits per heavy atom. The van der Waals surface area contributed by atoms with Crippen LogP contribution in [0.5, 0.6) is 0 Å². The molecule has 5 N–H and O–H groups in total. The summed E-state index contributed by atoms with van der Waals surface area (Å²) < 4.78 is 151. The summed E-state index contributed by atoms with van der Waals surface area (Å²) in [5.74, 6) is -1.86. The summed E-state index contributed by atoms with van der Waals surface area (Å²) in [4.78, 5) is 11.9. The van der Waals surface area contributed by atoms with E-state index in [1.807, 2.05) is 6.92 Å². The third kappa shape index (κ3) is 11.6. The Morgan fingerprint density at radius 3 is 1.91 bits per heavy atom. The van der Waals surface area contributed by atoms with Crippen molar-refractivity contribution in [3.05, 3.63) is 37.0 Å². The zero-order valence-electron chi connectivity index (χ0n) is 46.4. The zero-order valence-corrected chi connectivity index (χ0v) is 48.0. The summed E-state index contributed by atoms with van der Waals surface area (Å²) in [6.07, 6.45) is -0.633. The monoisotopic (exact) mass is 1170 g/mol. The van der Waals surface area contributed by atoms with Gasteiger partial charge in [0.05, 0.1) is 127 Å². The minimum atomic E-state index is -4.96. The molecule has 0 aromatic rings. The molecule has 0 radical (unpaired) electrons. The first-order valence-corrected chi connectivity index (χ1v) is 31.4. The smallest absolute Gasteiger partial charge is 0.397 e. The highest BCUT2D eigenvalue weighted by Crippen LogP contribution is 2.54. The van der Waals surface area contributed by atoms with Crippen LogP contribution in [0, 0.1) is 11.8 Å². The number of carbonyl (C=O) groups is 1. The molecule has 25 heteroatoms. The van der Waals surface area contributed by atoms with Crippen LogP contribution in [0.2, 0.25) is 0 Å². The molecule has 11 fully saturated rings. The molecule has 20 unspecified atom stereocenters. The Labute approximate surface area is 468 Å². The van der Waals surface area contributed by atoms with Gasteiger partial charge in [0.15, 0.2) is 0 Å². The Balaban J connectivity index is 0.747. The number of hydrogen-bond donors (Lipinski definition) is 5. The first-order valence-electron chi connectivity index (χ1n) is 28.6. The van der Waals surface area contributed by atoms with Gasteiger partial charge in [-0.2, -0.15) is 16.8 Å². The lowest BCUT2D eigenvalue weighted by Crippen LogP contribution is -2.74. The molecule has 11 rings (SSSR count). The third-order valence-electron chi connectivity index (χ3n) is 20.0. The number of fused-ring (bicyclic) bond motifs is 10. The summed E-state index contributed by atoms with van der Waals surface area (Å²) in [5.41, 5.74) is -4.96. The number of ether oxygens (including phenoxy) is 11. The van der Waals surface area contributed by atoms with Gasteiger partial charge in [0.1, 0.15) is 35.6 Å². The van der Waals surface area contributed by atoms with Gasteiger partial charge in [-0.3, -0.25) is 13.9 Å². The molecular formula is C55H82O23S2. The second kappa shape index (κ2) is 21.7. The van der Waals surface area contributed by atoms with Gasteiger partial charge in [-0.05, 0) is 84.6 Å². The largest absolute Gasteiger partial charge is 0.481 e. The first-order chi connectivity index (χ1) is 37.4. The number of aliphatic carboxylic acids is 1. The number of hydrogen-bond acceptors (Lipinski definition) is 20. The van der Waals surface area contributed by atoms with E-state index in [-0.39, 0.29) is 67.9 Å². The number of carboxylic acids is 1. The lowest BCUT2D eigenvalue weighted by Gasteiger charge is -2.61. The van der Waals surface area contributed by atoms with Crippen LogP contribution >= 0.6 is 0 Å². The predicted octanol–water partition coefficient (Wildman–Crippen LogP) is 4.20. The van der Waals surface area contributed by atoms with Crippen molar-refractivity contribution in [2.75, 3.05) is 6.61 Å². The highest BCUT2D eigenvalue weighted by atomic mass is 32.3. The quantitative estimate of drug-likeness (QED) is 0.135. The number of carboxylic acid groups (broad SMARTS) is 1. The van der Waals surface area contributed by atoms with Crippen LogP contribution < -0.4 is 0 Å². The fourth-order valence-corrected chi connectivity index (χ4v) is 16.4. The zero-order chi connectivity index (χ0) is 57.3. The van der Waals surface area contributed by atoms with Gasteiger partial charge in [-0.15, -0.1) is 6.58 Å². The lowest BCUT2D eigenvalue weighted by molar-refractivity contribution is -0.369. The molecule has 0 spiro atoms. The van der Waals surface area contributed by atoms with Crippen molar-refractivity contribution >= 4 is 26.8 Å². The number of aliphatic hydroxyl groups excluding tert-OH is 1. The van der Waals surface area contributed by atoms with Crippen molar-refractivity contribution in [2.45, 2.75) is 282 Å². The molecule has 0 amide bonds. The van der Waals surface area contributed by atoms with Gasteiger partial charge in [0, 0.05) is 51.4 Å². The maximum Gasteiger partial charge on any atom is 0.397 e. The minimum Gasteiger partial charge on any atom is -0.481 e. The van der Waals surface area contributed by atoms with E-state index in [2.05, 4.69) is 38.1 Å². The summed E-state index contributed by atoms with van der Waals surface area (Å²) in [6.45, 7) is 18.7. The number of allylic oxidation sites excluding steroid dienone is 1. The molecule has 0 saturated carbocycles. The van der Waals surface area contributed by atoms with E-state index in [1.54, 1.807) is 6.92 Å². The molecule has 11 heterocycles. The maximum absolute atomic E-state index is 12.3. The first kappa shape index (κ1) is 59.6. The Kier molecular flexibility index (Phi) is 16.2. The van der Waals surface area contributed by atoms with Crippen molar-refractivity contribution in [2.24, 2.45) is 11.8 Å². The Morgan fingerprint density at radius 1 is 0.713 bits per heavy atom. The van der Waals surface area contributed by atoms with Gasteiger partial charge < -0.3 is 67.4 Å². The summed E-state index contributed by atoms with van der Waals surface area (Å²) in [6, 6.07) is 0. The van der Waals surface area contributed by atoms with E-state index in [0.717, 1.165) is 6.42 Å². The predicted molar refractivity (Wildman–Crippen MR) is 278 cm³/mol. The second-order valence-corrected chi connectivity index (χ2v) is 28.0. The molecule has 11 aliphatic rings. The van der Waals surface area contributed by atoms with E-state index < -0.39 is 147 Å². The number of rotatable bonds is 12. The van der Waals surface area contributed by atoms with Crippen LogP contribution in [0.15, 0.2) is 37.0 Å². The molecule has 23 nitrogen and oxygen atoms in total. The van der Waals surface area contributed by atoms with Crippen molar-refractivity contribution in [1.82, 2.24) is 0 Å². The molecule has 0 aliphatic carbocycles. The molecule has 0 aromatic carbocycles. The van der Waals surface area contributed by atoms with E-state index in [4.69, 9.17) is 60.8 Å². The van der Waals surface area contributed by atoms with Gasteiger partial charge in [0.2, 0.25) is 0 Å². The minimum absolute atomic E-state index is 0.00733. The molecule has 80 heavy (non-hydrogen) atoms. The Hall–Kier alpha value is -2.09. The standard InChI is InChI=1S/C55H82O23S2/c1-9-10-29(50(57)58)12-14-51(4,59)49-28(3)19-38-37(73-49)25-45-55(8,76-38)48(56)47-41(72-45)23-40-46(74-47)27(2)11-15-53(6)43(71-40)26-42-54(7,78-53)16-13-30-31(70-42)20-33-32(67-30)21-34-35(68-33)22-39-36(69-34)24-44(77-80(63,64)65)52(5,75-39)17-18-66-79(60,61)62/h9,12,14,27,29-49,56,59H,1,3,10-11,13,15-26H2,2,4-8H3,(H,57,58)(H,60,61,62)(H,63,64,65)/b14-12+/t27-,29-,30?,31?,32?,33?,34?,35?,36?,37?,38?,39?,40?,41?,42?,43?,44?,45?,46?,47?,48?,49?,51+,52+,53-,54+,55-/m0/s1. The van der Waals surface area contributed by atoms with E-state index in [0.29, 0.717) is 69.8 Å². The van der Waals surface area contributed by atoms with Crippen molar-refractivity contribution < 1.29 is 107 Å². The fourth-order valence-electron chi connectivity index (χ4n) is 15.5. The molecule has 0 aromatic heterocycles. The van der Waals surface area contributed by atoms with Gasteiger partial charge >= 0.3 is 26.8 Å². The summed E-state index contributed by atoms with van der Waals surface area (Å²) in [7, 11) is -9.75. The normalized spacial score (nSPS) is 50.4. The highest BCUT2D eigenvalue weighted by Gasteiger charge is 2.65. The topological polar surface area (TPSA) is 306 Å². The van der Waals surface area contributed by atoms with E-state index in [1.165, 1.54) is 25.2 Å². The van der Waals surface area contributed by atoms with Crippen LogP contribution in [0.3, 0.4) is 0 Å². The van der Waals surface area contributed by atoms with Crippen LogP contribution in [0.1, 0.15) is 131 Å². The van der Waals surface area contributed by atoms with Crippen LogP contribution in [0.4, 0.5) is 0 Å². The molecule has 11 aliphatic heterocycles. The van der Waals surface area contributed by atoms with Gasteiger partial charge in [0.25, 0.3) is 0 Å². The SMILES string of the molecule is C=CC[C@@H](/C=C/[C@@](C)(O)C1OC2CC3OC4CC5OC6CC7OC8CC9OC%10CC%11O[C@](C)(CCOS(=O)(=O)O)C(OS(=O)(=O)O)CC%11OC%10CC9OC8CC[C@@]7(C)O[C@@]6(C)CC[C@H](C)C5OC4C(O)[C@@]3(C)OC2CC1=C)C(=O)O. The molecule has 27 atom stereocenters. The third-order valence-corrected chi connectivity index (χ3v) is 20.9. The lowest BCUT2D eigenvalue weighted by atomic mass is 9.73. The van der Waals surface area contributed by atoms with Crippen molar-refractivity contribution in [3.63, 3.8) is 0 Å². The summed E-state index contributed by atoms with van der Waals surface area (Å²) >= 11 is 0. The second-order valence-electron chi connectivity index (χ2n) is 25.9. The highest BCUT2D eigenvalue weighted by molar-refractivity contribution is 7.81. The van der Waals surface area contributed by atoms with Crippen LogP contribution in [-0.4, -0.2) is 204 Å². The molecule has 11 saturated heterocycles. The Bertz CT molecular complexity index is 2600. The van der Waals surface area contributed by atoms with Gasteiger partial charge in [-0.25, -0.2) is 8.37 Å². The van der Waals surface area contributed by atoms with E-state index >= 15 is 0 Å². The molecule has 0 bridgehead atoms. The average molecular weight is 1180 g/mol. The molecule has 452 valence electrons. The van der Waals surface area contributed by atoms with E-state index in [9.17, 15) is 41.5 Å². The van der Waals surface area contributed by atoms with Crippen LogP contribution in [0.25, 0.3) is 0 Å². The fraction of sp³-hybridized carbons (Fsp3) is 0.873. The number of aliphatic hydroxyl groups is 2.